The van der Waals surface area contributed by atoms with Crippen LogP contribution in [0.15, 0.2) is 18.2 Å². The van der Waals surface area contributed by atoms with Gasteiger partial charge in [-0.05, 0) is 30.5 Å². The maximum atomic E-state index is 10.5. The summed E-state index contributed by atoms with van der Waals surface area (Å²) in [7, 11) is 0. The Morgan fingerprint density at radius 2 is 2.24 bits per heavy atom. The van der Waals surface area contributed by atoms with Gasteiger partial charge in [0, 0.05) is 0 Å². The Morgan fingerprint density at radius 1 is 1.53 bits per heavy atom. The lowest BCUT2D eigenvalue weighted by atomic mass is 10.1. The van der Waals surface area contributed by atoms with Crippen molar-refractivity contribution in [3.63, 3.8) is 0 Å². The number of benzene rings is 1. The summed E-state index contributed by atoms with van der Waals surface area (Å²) in [5.74, 6) is -0.952. The lowest BCUT2D eigenvalue weighted by molar-refractivity contribution is -0.141. The third-order valence-corrected chi connectivity index (χ3v) is 2.81. The predicted molar refractivity (Wildman–Crippen MR) is 68.0 cm³/mol. The molecule has 3 nitrogen and oxygen atoms in total. The molecule has 0 saturated heterocycles. The van der Waals surface area contributed by atoms with Gasteiger partial charge in [-0.15, -0.1) is 0 Å². The van der Waals surface area contributed by atoms with Crippen LogP contribution in [0.5, 0.6) is 5.75 Å². The number of carbonyl (C=O) groups is 1. The minimum absolute atomic E-state index is 0.286. The number of ether oxygens (including phenoxy) is 1. The van der Waals surface area contributed by atoms with E-state index in [1.165, 1.54) is 0 Å². The van der Waals surface area contributed by atoms with Crippen LogP contribution >= 0.6 is 23.2 Å². The van der Waals surface area contributed by atoms with Gasteiger partial charge in [0.2, 0.25) is 0 Å². The van der Waals surface area contributed by atoms with Gasteiger partial charge in [-0.1, -0.05) is 42.6 Å². The van der Waals surface area contributed by atoms with E-state index in [0.29, 0.717) is 5.02 Å². The number of alkyl halides is 1. The first kappa shape index (κ1) is 14.1. The normalized spacial score (nSPS) is 12.2. The van der Waals surface area contributed by atoms with Crippen LogP contribution in [0.4, 0.5) is 0 Å². The molecule has 0 aliphatic carbocycles. The summed E-state index contributed by atoms with van der Waals surface area (Å²) >= 11 is 11.4. The number of halogens is 2. The third kappa shape index (κ3) is 4.44. The maximum absolute atomic E-state index is 10.5. The van der Waals surface area contributed by atoms with E-state index in [0.717, 1.165) is 24.8 Å². The summed E-state index contributed by atoms with van der Waals surface area (Å²) in [5, 5.41) is 8.99. The monoisotopic (exact) mass is 276 g/mol. The van der Waals surface area contributed by atoms with Crippen molar-refractivity contribution in [2.24, 2.45) is 0 Å². The molecule has 1 rings (SSSR count). The van der Waals surface area contributed by atoms with Gasteiger partial charge in [0.1, 0.15) is 5.75 Å². The van der Waals surface area contributed by atoms with Gasteiger partial charge in [-0.3, -0.25) is 0 Å². The Bertz CT molecular complexity index is 393. The first-order valence-electron chi connectivity index (χ1n) is 5.36. The highest BCUT2D eigenvalue weighted by Crippen LogP contribution is 2.27. The molecule has 5 heteroatoms. The van der Waals surface area contributed by atoms with Crippen molar-refractivity contribution in [2.45, 2.75) is 31.7 Å². The number of hydrogen-bond acceptors (Lipinski definition) is 2. The van der Waals surface area contributed by atoms with Crippen LogP contribution in [0.25, 0.3) is 0 Å². The molecule has 0 spiro atoms. The second-order valence-corrected chi connectivity index (χ2v) is 4.44. The molecule has 1 N–H and O–H groups in total. The molecule has 17 heavy (non-hydrogen) atoms. The summed E-state index contributed by atoms with van der Waals surface area (Å²) in [5.41, 5.74) is -0.320. The van der Waals surface area contributed by atoms with Gasteiger partial charge in [0.05, 0.1) is 5.02 Å². The predicted octanol–water partition coefficient (Wildman–Crippen LogP) is 3.71. The number of carboxylic acids is 1. The molecule has 0 saturated carbocycles. The SMILES string of the molecule is CCCCc1ccc(OC(Cl)C(=O)O)c(Cl)c1. The summed E-state index contributed by atoms with van der Waals surface area (Å²) < 4.78 is 5.00. The lowest BCUT2D eigenvalue weighted by Gasteiger charge is -2.11. The number of hydrogen-bond donors (Lipinski definition) is 1. The van der Waals surface area contributed by atoms with Gasteiger partial charge in [-0.25, -0.2) is 4.79 Å². The van der Waals surface area contributed by atoms with E-state index in [4.69, 9.17) is 33.0 Å². The Balaban J connectivity index is 2.72. The van der Waals surface area contributed by atoms with Crippen LogP contribution < -0.4 is 4.74 Å². The van der Waals surface area contributed by atoms with Crippen LogP contribution in [0, 0.1) is 0 Å². The number of aliphatic carboxylic acids is 1. The molecule has 0 bridgehead atoms. The zero-order chi connectivity index (χ0) is 12.8. The van der Waals surface area contributed by atoms with Crippen molar-refractivity contribution in [3.8, 4) is 5.75 Å². The number of unbranched alkanes of at least 4 members (excludes halogenated alkanes) is 1. The molecule has 1 unspecified atom stereocenters. The maximum Gasteiger partial charge on any atom is 0.360 e. The van der Waals surface area contributed by atoms with Gasteiger partial charge in [-0.2, -0.15) is 0 Å². The van der Waals surface area contributed by atoms with Gasteiger partial charge < -0.3 is 9.84 Å². The fraction of sp³-hybridized carbons (Fsp3) is 0.417. The van der Waals surface area contributed by atoms with Crippen LogP contribution in [-0.4, -0.2) is 16.6 Å². The van der Waals surface area contributed by atoms with E-state index >= 15 is 0 Å². The molecular formula is C12H14Cl2O3. The molecule has 0 radical (unpaired) electrons. The minimum Gasteiger partial charge on any atom is -0.478 e. The first-order chi connectivity index (χ1) is 8.04. The minimum atomic E-state index is -1.42. The van der Waals surface area contributed by atoms with Crippen LogP contribution in [-0.2, 0) is 11.2 Å². The molecular weight excluding hydrogens is 263 g/mol. The quantitative estimate of drug-likeness (QED) is 0.806. The van der Waals surface area contributed by atoms with Crippen molar-refractivity contribution in [1.29, 1.82) is 0 Å². The van der Waals surface area contributed by atoms with Crippen molar-refractivity contribution < 1.29 is 14.6 Å². The van der Waals surface area contributed by atoms with Crippen LogP contribution in [0.3, 0.4) is 0 Å². The van der Waals surface area contributed by atoms with E-state index in [1.807, 2.05) is 6.07 Å². The summed E-state index contributed by atoms with van der Waals surface area (Å²) in [6.07, 6.45) is 3.14. The van der Waals surface area contributed by atoms with Gasteiger partial charge in [0.25, 0.3) is 5.56 Å². The Morgan fingerprint density at radius 3 is 2.76 bits per heavy atom. The molecule has 0 fully saturated rings. The van der Waals surface area contributed by atoms with Gasteiger partial charge >= 0.3 is 5.97 Å². The molecule has 0 aromatic heterocycles. The zero-order valence-electron chi connectivity index (χ0n) is 9.45. The highest BCUT2D eigenvalue weighted by molar-refractivity contribution is 6.32. The molecule has 0 aliphatic heterocycles. The second kappa shape index (κ2) is 6.72. The van der Waals surface area contributed by atoms with E-state index in [2.05, 4.69) is 6.92 Å². The molecule has 0 amide bonds. The standard InChI is InChI=1S/C12H14Cl2O3/c1-2-3-4-8-5-6-10(9(13)7-8)17-11(14)12(15)16/h5-7,11H,2-4H2,1H3,(H,15,16). The first-order valence-corrected chi connectivity index (χ1v) is 6.18. The fourth-order valence-corrected chi connectivity index (χ4v) is 1.68. The van der Waals surface area contributed by atoms with Crippen molar-refractivity contribution in [3.05, 3.63) is 28.8 Å². The zero-order valence-corrected chi connectivity index (χ0v) is 11.0. The largest absolute Gasteiger partial charge is 0.478 e. The molecule has 1 atom stereocenters. The second-order valence-electron chi connectivity index (χ2n) is 3.64. The number of carboxylic acid groups (broad SMARTS) is 1. The highest BCUT2D eigenvalue weighted by atomic mass is 35.5. The van der Waals surface area contributed by atoms with Crippen molar-refractivity contribution in [2.75, 3.05) is 0 Å². The molecule has 94 valence electrons. The fourth-order valence-electron chi connectivity index (χ4n) is 1.34. The summed E-state index contributed by atoms with van der Waals surface area (Å²) in [6.45, 7) is 2.12. The Kier molecular flexibility index (Phi) is 5.59. The smallest absolute Gasteiger partial charge is 0.360 e. The number of rotatable bonds is 6. The van der Waals surface area contributed by atoms with E-state index < -0.39 is 11.5 Å². The van der Waals surface area contributed by atoms with Crippen molar-refractivity contribution >= 4 is 29.2 Å². The van der Waals surface area contributed by atoms with Gasteiger partial charge in [0.15, 0.2) is 0 Å². The molecule has 0 heterocycles. The van der Waals surface area contributed by atoms with Crippen LogP contribution in [0.1, 0.15) is 25.3 Å². The van der Waals surface area contributed by atoms with E-state index in [9.17, 15) is 4.79 Å². The number of aryl methyl sites for hydroxylation is 1. The van der Waals surface area contributed by atoms with E-state index in [1.54, 1.807) is 12.1 Å². The molecule has 1 aromatic carbocycles. The van der Waals surface area contributed by atoms with E-state index in [-0.39, 0.29) is 5.75 Å². The summed E-state index contributed by atoms with van der Waals surface area (Å²) in [4.78, 5) is 10.5. The Hall–Kier alpha value is -0.930. The summed E-state index contributed by atoms with van der Waals surface area (Å²) in [6, 6.07) is 5.28. The van der Waals surface area contributed by atoms with Crippen molar-refractivity contribution in [1.82, 2.24) is 0 Å². The lowest BCUT2D eigenvalue weighted by Crippen LogP contribution is -2.20. The Labute approximate surface area is 110 Å². The third-order valence-electron chi connectivity index (χ3n) is 2.24. The van der Waals surface area contributed by atoms with Crippen LogP contribution in [0.2, 0.25) is 5.02 Å². The highest BCUT2D eigenvalue weighted by Gasteiger charge is 2.16. The molecule has 1 aromatic rings. The molecule has 0 aliphatic rings. The topological polar surface area (TPSA) is 46.5 Å². The average Bonchev–Trinajstić information content (AvgIpc) is 2.29. The average molecular weight is 277 g/mol.